The third kappa shape index (κ3) is 2.75. The summed E-state index contributed by atoms with van der Waals surface area (Å²) >= 11 is 1.48. The number of nitrogens with zero attached hydrogens (tertiary/aromatic N) is 1. The predicted molar refractivity (Wildman–Crippen MR) is 76.7 cm³/mol. The highest BCUT2D eigenvalue weighted by Crippen LogP contribution is 2.24. The van der Waals surface area contributed by atoms with E-state index in [1.165, 1.54) is 29.5 Å². The third-order valence-corrected chi connectivity index (χ3v) is 3.84. The van der Waals surface area contributed by atoms with Crippen LogP contribution >= 0.6 is 11.3 Å². The quantitative estimate of drug-likeness (QED) is 0.681. The molecule has 20 heavy (non-hydrogen) atoms. The first kappa shape index (κ1) is 12.9. The van der Waals surface area contributed by atoms with Crippen LogP contribution in [0.3, 0.4) is 0 Å². The van der Waals surface area contributed by atoms with E-state index < -0.39 is 0 Å². The number of aromatic nitrogens is 1. The zero-order valence-electron chi connectivity index (χ0n) is 10.5. The minimum absolute atomic E-state index is 0.217. The van der Waals surface area contributed by atoms with E-state index in [4.69, 9.17) is 0 Å². The van der Waals surface area contributed by atoms with Crippen molar-refractivity contribution in [3.05, 3.63) is 76.1 Å². The number of rotatable bonds is 3. The maximum Gasteiger partial charge on any atom is 0.126 e. The molecule has 0 saturated heterocycles. The van der Waals surface area contributed by atoms with Crippen LogP contribution < -0.4 is 0 Å². The molecule has 3 aromatic rings. The van der Waals surface area contributed by atoms with Gasteiger partial charge in [-0.3, -0.25) is 0 Å². The van der Waals surface area contributed by atoms with Gasteiger partial charge in [-0.1, -0.05) is 18.2 Å². The monoisotopic (exact) mass is 287 g/mol. The lowest BCUT2D eigenvalue weighted by Gasteiger charge is -1.99. The van der Waals surface area contributed by atoms with Gasteiger partial charge >= 0.3 is 0 Å². The summed E-state index contributed by atoms with van der Waals surface area (Å²) in [6.45, 7) is 0. The Hall–Kier alpha value is -2.07. The van der Waals surface area contributed by atoms with Gasteiger partial charge in [0.25, 0.3) is 0 Å². The van der Waals surface area contributed by atoms with Crippen LogP contribution in [-0.2, 0) is 6.42 Å². The van der Waals surface area contributed by atoms with Gasteiger partial charge in [0.05, 0.1) is 10.7 Å². The molecule has 0 fully saturated rings. The minimum Gasteiger partial charge on any atom is -0.241 e. The number of benzene rings is 2. The fourth-order valence-corrected chi connectivity index (χ4v) is 2.78. The van der Waals surface area contributed by atoms with Gasteiger partial charge in [-0.2, -0.15) is 0 Å². The Morgan fingerprint density at radius 1 is 0.950 bits per heavy atom. The van der Waals surface area contributed by atoms with Crippen LogP contribution in [0.5, 0.6) is 0 Å². The SMILES string of the molecule is Fc1ccc(-c2csc(Cc3ccccc3F)n2)cc1. The molecule has 0 aliphatic rings. The van der Waals surface area contributed by atoms with Crippen molar-refractivity contribution in [1.82, 2.24) is 4.98 Å². The molecule has 0 N–H and O–H groups in total. The second-order valence-corrected chi connectivity index (χ2v) is 5.34. The number of hydrogen-bond donors (Lipinski definition) is 0. The summed E-state index contributed by atoms with van der Waals surface area (Å²) in [5.74, 6) is -0.485. The van der Waals surface area contributed by atoms with Crippen molar-refractivity contribution >= 4 is 11.3 Å². The Morgan fingerprint density at radius 2 is 1.70 bits per heavy atom. The lowest BCUT2D eigenvalue weighted by molar-refractivity contribution is 0.614. The van der Waals surface area contributed by atoms with Crippen LogP contribution in [0.15, 0.2) is 53.9 Å². The van der Waals surface area contributed by atoms with Gasteiger partial charge in [0.15, 0.2) is 0 Å². The second-order valence-electron chi connectivity index (χ2n) is 4.40. The molecule has 1 nitrogen and oxygen atoms in total. The summed E-state index contributed by atoms with van der Waals surface area (Å²) in [5, 5.41) is 2.75. The molecule has 0 radical (unpaired) electrons. The molecule has 4 heteroatoms. The minimum atomic E-state index is -0.268. The Kier molecular flexibility index (Phi) is 3.56. The lowest BCUT2D eigenvalue weighted by Crippen LogP contribution is -1.91. The normalized spacial score (nSPS) is 10.7. The van der Waals surface area contributed by atoms with Gasteiger partial charge in [-0.05, 0) is 35.9 Å². The average molecular weight is 287 g/mol. The Labute approximate surface area is 119 Å². The van der Waals surface area contributed by atoms with Crippen LogP contribution in [-0.4, -0.2) is 4.98 Å². The largest absolute Gasteiger partial charge is 0.241 e. The number of thiazole rings is 1. The van der Waals surface area contributed by atoms with Crippen molar-refractivity contribution in [2.24, 2.45) is 0 Å². The van der Waals surface area contributed by atoms with Crippen molar-refractivity contribution in [1.29, 1.82) is 0 Å². The summed E-state index contributed by atoms with van der Waals surface area (Å²) in [6, 6.07) is 12.9. The molecule has 2 aromatic carbocycles. The van der Waals surface area contributed by atoms with Crippen LogP contribution in [0.2, 0.25) is 0 Å². The zero-order chi connectivity index (χ0) is 13.9. The molecule has 1 aromatic heterocycles. The molecule has 1 heterocycles. The van der Waals surface area contributed by atoms with Gasteiger partial charge < -0.3 is 0 Å². The first-order chi connectivity index (χ1) is 9.72. The first-order valence-corrected chi connectivity index (χ1v) is 7.04. The lowest BCUT2D eigenvalue weighted by atomic mass is 10.1. The van der Waals surface area contributed by atoms with E-state index in [2.05, 4.69) is 4.98 Å². The fraction of sp³-hybridized carbons (Fsp3) is 0.0625. The smallest absolute Gasteiger partial charge is 0.126 e. The summed E-state index contributed by atoms with van der Waals surface area (Å²) in [7, 11) is 0. The van der Waals surface area contributed by atoms with Crippen molar-refractivity contribution in [3.63, 3.8) is 0 Å². The topological polar surface area (TPSA) is 12.9 Å². The standard InChI is InChI=1S/C16H11F2NS/c17-13-7-5-11(6-8-13)15-10-20-16(19-15)9-12-3-1-2-4-14(12)18/h1-8,10H,9H2. The number of halogens is 2. The van der Waals surface area contributed by atoms with E-state index in [-0.39, 0.29) is 11.6 Å². The van der Waals surface area contributed by atoms with E-state index in [9.17, 15) is 8.78 Å². The zero-order valence-corrected chi connectivity index (χ0v) is 11.3. The van der Waals surface area contributed by atoms with E-state index in [0.29, 0.717) is 12.0 Å². The molecular weight excluding hydrogens is 276 g/mol. The van der Waals surface area contributed by atoms with Gasteiger partial charge in [0.1, 0.15) is 11.6 Å². The highest BCUT2D eigenvalue weighted by Gasteiger charge is 2.08. The first-order valence-electron chi connectivity index (χ1n) is 6.16. The molecule has 0 spiro atoms. The fourth-order valence-electron chi connectivity index (χ4n) is 1.95. The molecule has 0 amide bonds. The number of hydrogen-bond acceptors (Lipinski definition) is 2. The van der Waals surface area contributed by atoms with Gasteiger partial charge in [0.2, 0.25) is 0 Å². The molecule has 100 valence electrons. The predicted octanol–water partition coefficient (Wildman–Crippen LogP) is 4.68. The molecule has 3 rings (SSSR count). The highest BCUT2D eigenvalue weighted by molar-refractivity contribution is 7.10. The average Bonchev–Trinajstić information content (AvgIpc) is 2.91. The molecule has 0 saturated carbocycles. The summed E-state index contributed by atoms with van der Waals surface area (Å²) in [4.78, 5) is 4.48. The summed E-state index contributed by atoms with van der Waals surface area (Å²) in [6.07, 6.45) is 0.471. The van der Waals surface area contributed by atoms with E-state index >= 15 is 0 Å². The summed E-state index contributed by atoms with van der Waals surface area (Å²) in [5.41, 5.74) is 2.29. The van der Waals surface area contributed by atoms with Gasteiger partial charge in [0, 0.05) is 17.4 Å². The van der Waals surface area contributed by atoms with Gasteiger partial charge in [-0.25, -0.2) is 13.8 Å². The van der Waals surface area contributed by atoms with E-state index in [1.807, 2.05) is 11.4 Å². The third-order valence-electron chi connectivity index (χ3n) is 2.99. The van der Waals surface area contributed by atoms with Crippen molar-refractivity contribution in [2.75, 3.05) is 0 Å². The molecule has 0 bridgehead atoms. The maximum atomic E-state index is 13.6. The van der Waals surface area contributed by atoms with Crippen LogP contribution in [0.25, 0.3) is 11.3 Å². The Morgan fingerprint density at radius 3 is 2.45 bits per heavy atom. The molecule has 0 unspecified atom stereocenters. The van der Waals surface area contributed by atoms with E-state index in [1.54, 1.807) is 24.3 Å². The highest BCUT2D eigenvalue weighted by atomic mass is 32.1. The van der Waals surface area contributed by atoms with Gasteiger partial charge in [-0.15, -0.1) is 11.3 Å². The summed E-state index contributed by atoms with van der Waals surface area (Å²) < 4.78 is 26.5. The van der Waals surface area contributed by atoms with Crippen LogP contribution in [0.4, 0.5) is 8.78 Å². The van der Waals surface area contributed by atoms with Crippen molar-refractivity contribution in [3.8, 4) is 11.3 Å². The van der Waals surface area contributed by atoms with Crippen LogP contribution in [0, 0.1) is 11.6 Å². The Balaban J connectivity index is 1.84. The molecule has 0 atom stereocenters. The maximum absolute atomic E-state index is 13.6. The molecule has 0 aliphatic heterocycles. The Bertz CT molecular complexity index is 719. The van der Waals surface area contributed by atoms with Crippen molar-refractivity contribution in [2.45, 2.75) is 6.42 Å². The van der Waals surface area contributed by atoms with Crippen LogP contribution in [0.1, 0.15) is 10.6 Å². The molecule has 0 aliphatic carbocycles. The van der Waals surface area contributed by atoms with Crippen molar-refractivity contribution < 1.29 is 8.78 Å². The molecular formula is C16H11F2NS. The second kappa shape index (κ2) is 5.51. The van der Waals surface area contributed by atoms with E-state index in [0.717, 1.165) is 16.3 Å².